The van der Waals surface area contributed by atoms with E-state index in [9.17, 15) is 13.6 Å². The number of halogens is 3. The minimum absolute atomic E-state index is 0. The van der Waals surface area contributed by atoms with E-state index in [4.69, 9.17) is 4.74 Å². The third-order valence-corrected chi connectivity index (χ3v) is 2.72. The van der Waals surface area contributed by atoms with Crippen LogP contribution in [0.4, 0.5) is 13.6 Å². The lowest BCUT2D eigenvalue weighted by Gasteiger charge is -2.32. The number of ether oxygens (including phenoxy) is 2. The molecule has 1 fully saturated rings. The van der Waals surface area contributed by atoms with Crippen LogP contribution >= 0.6 is 12.4 Å². The summed E-state index contributed by atoms with van der Waals surface area (Å²) in [4.78, 5) is 11.1. The minimum atomic E-state index is -3.14. The zero-order valence-electron chi connectivity index (χ0n) is 12.0. The van der Waals surface area contributed by atoms with Crippen LogP contribution in [-0.2, 0) is 4.74 Å². The van der Waals surface area contributed by atoms with E-state index in [0.29, 0.717) is 11.3 Å². The zero-order chi connectivity index (χ0) is 15.0. The molecule has 1 aromatic carbocycles. The number of carbonyl (C=O) groups is 1. The van der Waals surface area contributed by atoms with E-state index in [1.54, 1.807) is 12.1 Å². The molecule has 0 radical (unpaired) electrons. The van der Waals surface area contributed by atoms with Crippen LogP contribution in [-0.4, -0.2) is 24.2 Å². The quantitative estimate of drug-likeness (QED) is 0.903. The minimum Gasteiger partial charge on any atom is -0.488 e. The first-order valence-electron chi connectivity index (χ1n) is 6.27. The Bertz CT molecular complexity index is 500. The Morgan fingerprint density at radius 2 is 1.86 bits per heavy atom. The van der Waals surface area contributed by atoms with Gasteiger partial charge in [-0.1, -0.05) is 12.1 Å². The summed E-state index contributed by atoms with van der Waals surface area (Å²) in [7, 11) is 0. The van der Waals surface area contributed by atoms with Crippen molar-refractivity contribution in [2.45, 2.75) is 38.3 Å². The van der Waals surface area contributed by atoms with Crippen molar-refractivity contribution in [2.75, 3.05) is 6.61 Å². The molecule has 0 saturated carbocycles. The number of hydrogen-bond acceptors (Lipinski definition) is 3. The van der Waals surface area contributed by atoms with E-state index in [0.717, 1.165) is 0 Å². The van der Waals surface area contributed by atoms with Gasteiger partial charge in [0.25, 0.3) is 0 Å². The molecule has 21 heavy (non-hydrogen) atoms. The molecule has 0 unspecified atom stereocenters. The SMILES string of the molecule is CC(C)(C)Oc1ccc([C@H]2NC(=O)OCC2(F)F)cc1.Cl. The van der Waals surface area contributed by atoms with Crippen LogP contribution in [0.3, 0.4) is 0 Å². The first-order valence-corrected chi connectivity index (χ1v) is 6.27. The molecule has 7 heteroatoms. The van der Waals surface area contributed by atoms with E-state index >= 15 is 0 Å². The van der Waals surface area contributed by atoms with Crippen molar-refractivity contribution in [3.8, 4) is 5.75 Å². The van der Waals surface area contributed by atoms with Crippen LogP contribution in [0, 0.1) is 0 Å². The second kappa shape index (κ2) is 6.05. The topological polar surface area (TPSA) is 47.6 Å². The number of rotatable bonds is 2. The summed E-state index contributed by atoms with van der Waals surface area (Å²) in [5, 5.41) is 2.14. The largest absolute Gasteiger partial charge is 0.488 e. The molecule has 1 amide bonds. The summed E-state index contributed by atoms with van der Waals surface area (Å²) in [6.07, 6.45) is -0.837. The maximum Gasteiger partial charge on any atom is 0.408 e. The maximum absolute atomic E-state index is 13.7. The fourth-order valence-electron chi connectivity index (χ4n) is 1.92. The molecule has 0 bridgehead atoms. The van der Waals surface area contributed by atoms with Gasteiger partial charge in [-0.05, 0) is 38.5 Å². The predicted molar refractivity (Wildman–Crippen MR) is 76.2 cm³/mol. The normalized spacial score (nSPS) is 20.8. The molecule has 0 aromatic heterocycles. The van der Waals surface area contributed by atoms with Gasteiger partial charge < -0.3 is 14.8 Å². The second-order valence-corrected chi connectivity index (χ2v) is 5.70. The van der Waals surface area contributed by atoms with Crippen molar-refractivity contribution in [2.24, 2.45) is 0 Å². The van der Waals surface area contributed by atoms with Crippen molar-refractivity contribution in [1.29, 1.82) is 0 Å². The molecule has 1 saturated heterocycles. The number of alkyl carbamates (subject to hydrolysis) is 1. The highest BCUT2D eigenvalue weighted by molar-refractivity contribution is 5.85. The molecule has 1 aromatic rings. The molecule has 4 nitrogen and oxygen atoms in total. The summed E-state index contributed by atoms with van der Waals surface area (Å²) >= 11 is 0. The van der Waals surface area contributed by atoms with Crippen molar-refractivity contribution >= 4 is 18.5 Å². The maximum atomic E-state index is 13.7. The summed E-state index contributed by atoms with van der Waals surface area (Å²) in [6, 6.07) is 4.88. The average molecular weight is 322 g/mol. The Morgan fingerprint density at radius 3 is 2.38 bits per heavy atom. The van der Waals surface area contributed by atoms with Crippen molar-refractivity contribution in [3.05, 3.63) is 29.8 Å². The van der Waals surface area contributed by atoms with Crippen molar-refractivity contribution in [3.63, 3.8) is 0 Å². The van der Waals surface area contributed by atoms with Gasteiger partial charge in [-0.15, -0.1) is 12.4 Å². The summed E-state index contributed by atoms with van der Waals surface area (Å²) in [5.74, 6) is -2.55. The van der Waals surface area contributed by atoms with E-state index in [1.165, 1.54) is 12.1 Å². The third-order valence-electron chi connectivity index (χ3n) is 2.72. The molecule has 2 rings (SSSR count). The molecular weight excluding hydrogens is 304 g/mol. The predicted octanol–water partition coefficient (Wildman–Crippen LogP) is 3.70. The fraction of sp³-hybridized carbons (Fsp3) is 0.500. The Hall–Kier alpha value is -1.56. The van der Waals surface area contributed by atoms with E-state index in [-0.39, 0.29) is 18.0 Å². The summed E-state index contributed by atoms with van der Waals surface area (Å²) < 4.78 is 37.4. The van der Waals surface area contributed by atoms with Crippen LogP contribution in [0.5, 0.6) is 5.75 Å². The van der Waals surface area contributed by atoms with E-state index < -0.39 is 24.7 Å². The lowest BCUT2D eigenvalue weighted by molar-refractivity contribution is -0.104. The monoisotopic (exact) mass is 321 g/mol. The van der Waals surface area contributed by atoms with E-state index in [1.807, 2.05) is 20.8 Å². The molecule has 1 heterocycles. The lowest BCUT2D eigenvalue weighted by Crippen LogP contribution is -2.49. The molecule has 0 spiro atoms. The Kier molecular flexibility index (Phi) is 5.04. The first-order chi connectivity index (χ1) is 9.17. The zero-order valence-corrected chi connectivity index (χ0v) is 12.8. The number of hydrogen-bond donors (Lipinski definition) is 1. The summed E-state index contributed by atoms with van der Waals surface area (Å²) in [5.41, 5.74) is -0.0499. The highest BCUT2D eigenvalue weighted by Crippen LogP contribution is 2.35. The highest BCUT2D eigenvalue weighted by Gasteiger charge is 2.46. The molecule has 1 N–H and O–H groups in total. The first kappa shape index (κ1) is 17.5. The van der Waals surface area contributed by atoms with E-state index in [2.05, 4.69) is 10.1 Å². The fourth-order valence-corrected chi connectivity index (χ4v) is 1.92. The van der Waals surface area contributed by atoms with Crippen molar-refractivity contribution < 1.29 is 23.0 Å². The molecule has 1 aliphatic rings. The number of nitrogens with one attached hydrogen (secondary N) is 1. The molecular formula is C14H18ClF2NO3. The Balaban J connectivity index is 0.00000220. The van der Waals surface area contributed by atoms with Gasteiger partial charge >= 0.3 is 12.0 Å². The lowest BCUT2D eigenvalue weighted by atomic mass is 10.00. The van der Waals surface area contributed by atoms with Crippen LogP contribution in [0.25, 0.3) is 0 Å². The Morgan fingerprint density at radius 1 is 1.29 bits per heavy atom. The third kappa shape index (κ3) is 4.46. The van der Waals surface area contributed by atoms with Crippen LogP contribution in [0.15, 0.2) is 24.3 Å². The van der Waals surface area contributed by atoms with Gasteiger partial charge in [0.05, 0.1) is 0 Å². The number of cyclic esters (lactones) is 1. The van der Waals surface area contributed by atoms with Gasteiger partial charge in [0.1, 0.15) is 17.4 Å². The number of alkyl halides is 2. The summed E-state index contributed by atoms with van der Waals surface area (Å²) in [6.45, 7) is 4.78. The van der Waals surface area contributed by atoms with Gasteiger partial charge in [-0.25, -0.2) is 13.6 Å². The number of carbonyl (C=O) groups excluding carboxylic acids is 1. The van der Waals surface area contributed by atoms with Gasteiger partial charge in [0.15, 0.2) is 6.61 Å². The average Bonchev–Trinajstić information content (AvgIpc) is 2.32. The molecule has 0 aliphatic carbocycles. The number of benzene rings is 1. The van der Waals surface area contributed by atoms with Crippen LogP contribution in [0.1, 0.15) is 32.4 Å². The smallest absolute Gasteiger partial charge is 0.408 e. The molecule has 1 atom stereocenters. The van der Waals surface area contributed by atoms with Gasteiger partial charge in [0, 0.05) is 0 Å². The van der Waals surface area contributed by atoms with Gasteiger partial charge in [-0.3, -0.25) is 0 Å². The molecule has 118 valence electrons. The highest BCUT2D eigenvalue weighted by atomic mass is 35.5. The standard InChI is InChI=1S/C14H17F2NO3.ClH/c1-13(2,3)20-10-6-4-9(5-7-10)11-14(15,16)8-19-12(18)17-11;/h4-7,11H,8H2,1-3H3,(H,17,18);1H/t11-;/m1./s1. The molecule has 1 aliphatic heterocycles. The van der Waals surface area contributed by atoms with Crippen LogP contribution < -0.4 is 10.1 Å². The second-order valence-electron chi connectivity index (χ2n) is 5.70. The van der Waals surface area contributed by atoms with Crippen molar-refractivity contribution in [1.82, 2.24) is 5.32 Å². The van der Waals surface area contributed by atoms with Crippen LogP contribution in [0.2, 0.25) is 0 Å². The number of amides is 1. The van der Waals surface area contributed by atoms with Gasteiger partial charge in [0.2, 0.25) is 0 Å². The van der Waals surface area contributed by atoms with Gasteiger partial charge in [-0.2, -0.15) is 0 Å². The Labute approximate surface area is 128 Å².